The van der Waals surface area contributed by atoms with Crippen molar-refractivity contribution < 1.29 is 4.79 Å². The predicted molar refractivity (Wildman–Crippen MR) is 86.7 cm³/mol. The molecule has 2 aromatic rings. The standard InChI is InChI=1S/C17H19N5O2/c1-2-15-20-14-8-12-4-3-11(7-13(14)16(23)21-15)22(12)17(24)10-5-6-18-19-9-10/h5-6,9,11-12H,2-4,7-8H2,1H3,(H,20,21,23). The van der Waals surface area contributed by atoms with Gasteiger partial charge in [-0.15, -0.1) is 0 Å². The van der Waals surface area contributed by atoms with Crippen molar-refractivity contribution in [2.45, 2.75) is 51.1 Å². The molecule has 2 unspecified atom stereocenters. The van der Waals surface area contributed by atoms with Gasteiger partial charge in [-0.1, -0.05) is 6.92 Å². The van der Waals surface area contributed by atoms with Crippen molar-refractivity contribution >= 4 is 5.91 Å². The molecule has 2 aliphatic rings. The largest absolute Gasteiger partial charge is 0.332 e. The Labute approximate surface area is 139 Å². The molecule has 1 amide bonds. The molecule has 7 heteroatoms. The first-order valence-corrected chi connectivity index (χ1v) is 8.37. The van der Waals surface area contributed by atoms with Gasteiger partial charge in [0.05, 0.1) is 23.7 Å². The van der Waals surface area contributed by atoms with Crippen LogP contribution in [0.2, 0.25) is 0 Å². The summed E-state index contributed by atoms with van der Waals surface area (Å²) < 4.78 is 0. The molecule has 2 aromatic heterocycles. The van der Waals surface area contributed by atoms with Gasteiger partial charge >= 0.3 is 0 Å². The number of hydrogen-bond donors (Lipinski definition) is 1. The van der Waals surface area contributed by atoms with Crippen LogP contribution in [0.4, 0.5) is 0 Å². The zero-order valence-electron chi connectivity index (χ0n) is 13.5. The lowest BCUT2D eigenvalue weighted by atomic mass is 9.98. The third-order valence-corrected chi connectivity index (χ3v) is 5.04. The van der Waals surface area contributed by atoms with Crippen molar-refractivity contribution in [2.24, 2.45) is 0 Å². The average molecular weight is 325 g/mol. The quantitative estimate of drug-likeness (QED) is 0.885. The van der Waals surface area contributed by atoms with E-state index >= 15 is 0 Å². The van der Waals surface area contributed by atoms with E-state index in [1.54, 1.807) is 6.07 Å². The van der Waals surface area contributed by atoms with Crippen LogP contribution in [0, 0.1) is 0 Å². The number of aromatic nitrogens is 4. The fourth-order valence-corrected chi connectivity index (χ4v) is 3.86. The second-order valence-corrected chi connectivity index (χ2v) is 6.43. The molecule has 0 aliphatic carbocycles. The summed E-state index contributed by atoms with van der Waals surface area (Å²) in [4.78, 5) is 34.7. The fraction of sp³-hybridized carbons (Fsp3) is 0.471. The average Bonchev–Trinajstić information content (AvgIpc) is 2.90. The van der Waals surface area contributed by atoms with Gasteiger partial charge in [0.2, 0.25) is 0 Å². The van der Waals surface area contributed by atoms with E-state index in [9.17, 15) is 9.59 Å². The Morgan fingerprint density at radius 2 is 2.08 bits per heavy atom. The Morgan fingerprint density at radius 1 is 1.29 bits per heavy atom. The normalized spacial score (nSPS) is 22.1. The highest BCUT2D eigenvalue weighted by molar-refractivity contribution is 5.94. The van der Waals surface area contributed by atoms with Gasteiger partial charge in [0, 0.05) is 36.9 Å². The number of aromatic amines is 1. The number of carbonyl (C=O) groups excluding carboxylic acids is 1. The van der Waals surface area contributed by atoms with Crippen LogP contribution in [0.1, 0.15) is 47.2 Å². The van der Waals surface area contributed by atoms with Crippen LogP contribution in [0.3, 0.4) is 0 Å². The zero-order valence-corrected chi connectivity index (χ0v) is 13.5. The molecule has 1 N–H and O–H groups in total. The van der Waals surface area contributed by atoms with Gasteiger partial charge < -0.3 is 9.88 Å². The second kappa shape index (κ2) is 5.81. The third-order valence-electron chi connectivity index (χ3n) is 5.04. The topological polar surface area (TPSA) is 91.8 Å². The van der Waals surface area contributed by atoms with Crippen molar-refractivity contribution in [3.05, 3.63) is 51.5 Å². The number of H-pyrrole nitrogens is 1. The van der Waals surface area contributed by atoms with Gasteiger partial charge in [-0.25, -0.2) is 4.98 Å². The van der Waals surface area contributed by atoms with Gasteiger partial charge in [0.1, 0.15) is 5.82 Å². The van der Waals surface area contributed by atoms with Crippen molar-refractivity contribution in [3.8, 4) is 0 Å². The summed E-state index contributed by atoms with van der Waals surface area (Å²) in [6.07, 6.45) is 6.81. The highest BCUT2D eigenvalue weighted by atomic mass is 16.2. The van der Waals surface area contributed by atoms with Crippen LogP contribution in [0.25, 0.3) is 0 Å². The third kappa shape index (κ3) is 2.40. The minimum Gasteiger partial charge on any atom is -0.332 e. The Morgan fingerprint density at radius 3 is 2.79 bits per heavy atom. The van der Waals surface area contributed by atoms with Crippen LogP contribution in [0.15, 0.2) is 23.3 Å². The van der Waals surface area contributed by atoms with Crippen LogP contribution in [-0.4, -0.2) is 43.1 Å². The van der Waals surface area contributed by atoms with Crippen molar-refractivity contribution in [2.75, 3.05) is 0 Å². The lowest BCUT2D eigenvalue weighted by Gasteiger charge is -2.28. The number of amides is 1. The second-order valence-electron chi connectivity index (χ2n) is 6.43. The van der Waals surface area contributed by atoms with E-state index in [2.05, 4.69) is 20.2 Å². The molecule has 124 valence electrons. The number of nitrogens with one attached hydrogen (secondary N) is 1. The molecule has 2 bridgehead atoms. The molecule has 24 heavy (non-hydrogen) atoms. The van der Waals surface area contributed by atoms with Crippen LogP contribution < -0.4 is 5.56 Å². The molecule has 4 heterocycles. The first kappa shape index (κ1) is 15.0. The molecule has 4 rings (SSSR count). The molecule has 2 atom stereocenters. The lowest BCUT2D eigenvalue weighted by Crippen LogP contribution is -2.41. The summed E-state index contributed by atoms with van der Waals surface area (Å²) in [5, 5.41) is 7.54. The van der Waals surface area contributed by atoms with Gasteiger partial charge in [0.15, 0.2) is 0 Å². The van der Waals surface area contributed by atoms with E-state index in [0.29, 0.717) is 30.7 Å². The van der Waals surface area contributed by atoms with Crippen LogP contribution >= 0.6 is 0 Å². The summed E-state index contributed by atoms with van der Waals surface area (Å²) in [5.41, 5.74) is 2.09. The summed E-state index contributed by atoms with van der Waals surface area (Å²) in [7, 11) is 0. The van der Waals surface area contributed by atoms with Gasteiger partial charge in [-0.2, -0.15) is 10.2 Å². The SMILES string of the molecule is CCc1nc2c(c(=O)[nH]1)CC1CCC(C2)N1C(=O)c1ccnnc1. The number of rotatable bonds is 2. The van der Waals surface area contributed by atoms with E-state index in [1.807, 2.05) is 11.8 Å². The maximum atomic E-state index is 12.9. The molecular formula is C17H19N5O2. The maximum absolute atomic E-state index is 12.9. The number of carbonyl (C=O) groups is 1. The number of aryl methyl sites for hydroxylation is 1. The van der Waals surface area contributed by atoms with E-state index in [4.69, 9.17) is 0 Å². The molecular weight excluding hydrogens is 306 g/mol. The van der Waals surface area contributed by atoms with Crippen LogP contribution in [0.5, 0.6) is 0 Å². The molecule has 7 nitrogen and oxygen atoms in total. The Hall–Kier alpha value is -2.57. The Balaban J connectivity index is 1.71. The Bertz CT molecular complexity index is 833. The number of fused-ring (bicyclic) bond motifs is 3. The van der Waals surface area contributed by atoms with Gasteiger partial charge in [-0.3, -0.25) is 9.59 Å². The number of nitrogens with zero attached hydrogens (tertiary/aromatic N) is 4. The van der Waals surface area contributed by atoms with E-state index < -0.39 is 0 Å². The van der Waals surface area contributed by atoms with Crippen molar-refractivity contribution in [1.29, 1.82) is 0 Å². The summed E-state index contributed by atoms with van der Waals surface area (Å²) in [6, 6.07) is 1.83. The molecule has 0 radical (unpaired) electrons. The van der Waals surface area contributed by atoms with E-state index in [-0.39, 0.29) is 23.6 Å². The smallest absolute Gasteiger partial charge is 0.256 e. The monoisotopic (exact) mass is 325 g/mol. The highest BCUT2D eigenvalue weighted by Gasteiger charge is 2.41. The first-order chi connectivity index (χ1) is 11.7. The van der Waals surface area contributed by atoms with E-state index in [1.165, 1.54) is 12.4 Å². The zero-order chi connectivity index (χ0) is 16.7. The molecule has 1 fully saturated rings. The highest BCUT2D eigenvalue weighted by Crippen LogP contribution is 2.33. The minimum atomic E-state index is -0.0534. The maximum Gasteiger partial charge on any atom is 0.256 e. The lowest BCUT2D eigenvalue weighted by molar-refractivity contribution is 0.0672. The molecule has 2 aliphatic heterocycles. The molecule has 0 spiro atoms. The first-order valence-electron chi connectivity index (χ1n) is 8.37. The fourth-order valence-electron chi connectivity index (χ4n) is 3.86. The van der Waals surface area contributed by atoms with Gasteiger partial charge in [-0.05, 0) is 18.9 Å². The van der Waals surface area contributed by atoms with Crippen LogP contribution in [-0.2, 0) is 19.3 Å². The summed E-state index contributed by atoms with van der Waals surface area (Å²) in [5.74, 6) is 0.685. The summed E-state index contributed by atoms with van der Waals surface area (Å²) in [6.45, 7) is 1.97. The van der Waals surface area contributed by atoms with Gasteiger partial charge in [0.25, 0.3) is 11.5 Å². The predicted octanol–water partition coefficient (Wildman–Crippen LogP) is 0.894. The molecule has 0 saturated carbocycles. The van der Waals surface area contributed by atoms with Crippen molar-refractivity contribution in [3.63, 3.8) is 0 Å². The minimum absolute atomic E-state index is 0.0302. The Kier molecular flexibility index (Phi) is 3.63. The molecule has 0 aromatic carbocycles. The summed E-state index contributed by atoms with van der Waals surface area (Å²) >= 11 is 0. The van der Waals surface area contributed by atoms with Crippen molar-refractivity contribution in [1.82, 2.24) is 25.1 Å². The molecule has 1 saturated heterocycles. The number of hydrogen-bond acceptors (Lipinski definition) is 5. The van der Waals surface area contributed by atoms with E-state index in [0.717, 1.165) is 24.1 Å².